The molecular weight excluding hydrogens is 440 g/mol. The standard InChI is InChI=1S/C23H19F3N4.V/c24-23(25,26)17-10-4-1-7-14(17)20-13-21(15-8-2-5-11-18(15)27-20)28-22-16-9-3-6-12-19(16)29-30-22;/h1,3-4,6-7,9-10,12-13H,2,5,8,11H2,(H2,27,28,29,30);. The topological polar surface area (TPSA) is 53.6 Å². The summed E-state index contributed by atoms with van der Waals surface area (Å²) in [6, 6.07) is 15.0. The van der Waals surface area contributed by atoms with Crippen LogP contribution in [-0.2, 0) is 37.6 Å². The molecule has 2 heterocycles. The monoisotopic (exact) mass is 459 g/mol. The zero-order chi connectivity index (χ0) is 20.7. The number of nitrogens with one attached hydrogen (secondary N) is 2. The molecule has 0 atom stereocenters. The van der Waals surface area contributed by atoms with Crippen LogP contribution in [0.2, 0.25) is 0 Å². The van der Waals surface area contributed by atoms with Crippen molar-refractivity contribution in [2.75, 3.05) is 5.32 Å². The first-order valence-electron chi connectivity index (χ1n) is 9.90. The van der Waals surface area contributed by atoms with Crippen LogP contribution in [0.4, 0.5) is 24.7 Å². The number of para-hydroxylation sites is 1. The normalized spacial score (nSPS) is 13.5. The van der Waals surface area contributed by atoms with Crippen LogP contribution >= 0.6 is 0 Å². The van der Waals surface area contributed by atoms with E-state index in [4.69, 9.17) is 0 Å². The zero-order valence-corrected chi connectivity index (χ0v) is 17.9. The van der Waals surface area contributed by atoms with Crippen molar-refractivity contribution in [3.63, 3.8) is 0 Å². The number of hydrogen-bond donors (Lipinski definition) is 2. The van der Waals surface area contributed by atoms with Gasteiger partial charge in [0.15, 0.2) is 5.82 Å². The van der Waals surface area contributed by atoms with E-state index in [1.807, 2.05) is 24.3 Å². The van der Waals surface area contributed by atoms with Gasteiger partial charge in [0.25, 0.3) is 0 Å². The van der Waals surface area contributed by atoms with Gasteiger partial charge in [-0.3, -0.25) is 10.1 Å². The van der Waals surface area contributed by atoms with Crippen molar-refractivity contribution in [1.29, 1.82) is 0 Å². The van der Waals surface area contributed by atoms with Gasteiger partial charge in [0.2, 0.25) is 0 Å². The van der Waals surface area contributed by atoms with Gasteiger partial charge in [-0.05, 0) is 55.5 Å². The average Bonchev–Trinajstić information content (AvgIpc) is 3.16. The van der Waals surface area contributed by atoms with Gasteiger partial charge in [-0.15, -0.1) is 0 Å². The SMILES string of the molecule is FC(F)(F)c1ccccc1-c1cc(Nc2n[nH]c3ccccc23)c2c(n1)CCCC2.[V]. The molecule has 2 N–H and O–H groups in total. The van der Waals surface area contributed by atoms with Crippen LogP contribution in [0.5, 0.6) is 0 Å². The van der Waals surface area contributed by atoms with Gasteiger partial charge in [0.1, 0.15) is 0 Å². The summed E-state index contributed by atoms with van der Waals surface area (Å²) in [5.41, 5.74) is 3.32. The maximum Gasteiger partial charge on any atom is 0.417 e. The molecule has 0 aliphatic heterocycles. The minimum absolute atomic E-state index is 0. The molecule has 2 aromatic heterocycles. The Labute approximate surface area is 189 Å². The summed E-state index contributed by atoms with van der Waals surface area (Å²) in [6.45, 7) is 0. The second-order valence-electron chi connectivity index (χ2n) is 7.47. The van der Waals surface area contributed by atoms with Crippen molar-refractivity contribution in [3.8, 4) is 11.3 Å². The summed E-state index contributed by atoms with van der Waals surface area (Å²) in [5, 5.41) is 11.6. The zero-order valence-electron chi connectivity index (χ0n) is 16.5. The van der Waals surface area contributed by atoms with E-state index in [-0.39, 0.29) is 24.1 Å². The van der Waals surface area contributed by atoms with E-state index in [1.165, 1.54) is 12.1 Å². The number of aryl methyl sites for hydroxylation is 1. The van der Waals surface area contributed by atoms with Crippen LogP contribution < -0.4 is 5.32 Å². The van der Waals surface area contributed by atoms with Crippen molar-refractivity contribution in [2.24, 2.45) is 0 Å². The number of aromatic amines is 1. The Bertz CT molecular complexity index is 1230. The Hall–Kier alpha value is -2.77. The van der Waals surface area contributed by atoms with Crippen LogP contribution in [0.1, 0.15) is 29.7 Å². The van der Waals surface area contributed by atoms with Crippen molar-refractivity contribution < 1.29 is 31.7 Å². The Morgan fingerprint density at radius 3 is 2.52 bits per heavy atom. The summed E-state index contributed by atoms with van der Waals surface area (Å²) in [4.78, 5) is 4.64. The second kappa shape index (κ2) is 8.40. The Morgan fingerprint density at radius 1 is 0.935 bits per heavy atom. The van der Waals surface area contributed by atoms with Crippen LogP contribution in [0.25, 0.3) is 22.2 Å². The number of pyridine rings is 1. The third-order valence-electron chi connectivity index (χ3n) is 5.53. The van der Waals surface area contributed by atoms with Gasteiger partial charge in [0, 0.05) is 40.9 Å². The maximum atomic E-state index is 13.6. The molecule has 0 bridgehead atoms. The molecule has 5 rings (SSSR count). The fourth-order valence-corrected chi connectivity index (χ4v) is 4.09. The van der Waals surface area contributed by atoms with E-state index in [0.717, 1.165) is 59.6 Å². The van der Waals surface area contributed by atoms with Crippen LogP contribution in [0.3, 0.4) is 0 Å². The molecule has 157 valence electrons. The fraction of sp³-hybridized carbons (Fsp3) is 0.217. The van der Waals surface area contributed by atoms with Crippen molar-refractivity contribution in [3.05, 3.63) is 71.4 Å². The average molecular weight is 459 g/mol. The summed E-state index contributed by atoms with van der Waals surface area (Å²) in [7, 11) is 0. The Morgan fingerprint density at radius 2 is 1.68 bits per heavy atom. The van der Waals surface area contributed by atoms with Crippen LogP contribution in [0.15, 0.2) is 54.6 Å². The molecule has 8 heteroatoms. The molecule has 4 aromatic rings. The molecule has 0 amide bonds. The first-order chi connectivity index (χ1) is 14.5. The molecule has 0 saturated carbocycles. The van der Waals surface area contributed by atoms with E-state index in [2.05, 4.69) is 20.5 Å². The van der Waals surface area contributed by atoms with Crippen molar-refractivity contribution in [1.82, 2.24) is 15.2 Å². The number of halogens is 3. The third kappa shape index (κ3) is 4.08. The van der Waals surface area contributed by atoms with Crippen LogP contribution in [-0.4, -0.2) is 15.2 Å². The number of anilines is 2. The van der Waals surface area contributed by atoms with Gasteiger partial charge in [-0.25, -0.2) is 0 Å². The molecule has 0 fully saturated rings. The van der Waals surface area contributed by atoms with E-state index in [0.29, 0.717) is 11.5 Å². The summed E-state index contributed by atoms with van der Waals surface area (Å²) in [5.74, 6) is 0.652. The smallest absolute Gasteiger partial charge is 0.338 e. The predicted molar refractivity (Wildman–Crippen MR) is 111 cm³/mol. The van der Waals surface area contributed by atoms with Crippen molar-refractivity contribution in [2.45, 2.75) is 31.9 Å². The van der Waals surface area contributed by atoms with Crippen LogP contribution in [0, 0.1) is 0 Å². The van der Waals surface area contributed by atoms with E-state index < -0.39 is 11.7 Å². The molecule has 4 nitrogen and oxygen atoms in total. The van der Waals surface area contributed by atoms with Gasteiger partial charge < -0.3 is 5.32 Å². The van der Waals surface area contributed by atoms with E-state index >= 15 is 0 Å². The van der Waals surface area contributed by atoms with E-state index in [1.54, 1.807) is 12.1 Å². The first-order valence-corrected chi connectivity index (χ1v) is 9.90. The largest absolute Gasteiger partial charge is 0.417 e. The molecule has 31 heavy (non-hydrogen) atoms. The Kier molecular flexibility index (Phi) is 5.82. The van der Waals surface area contributed by atoms with E-state index in [9.17, 15) is 13.2 Å². The molecule has 1 aliphatic carbocycles. The van der Waals surface area contributed by atoms with Crippen molar-refractivity contribution >= 4 is 22.4 Å². The van der Waals surface area contributed by atoms with Gasteiger partial charge in [-0.2, -0.15) is 18.3 Å². The summed E-state index contributed by atoms with van der Waals surface area (Å²) >= 11 is 0. The minimum atomic E-state index is -4.44. The summed E-state index contributed by atoms with van der Waals surface area (Å²) in [6.07, 6.45) is -0.833. The summed E-state index contributed by atoms with van der Waals surface area (Å²) < 4.78 is 40.8. The number of alkyl halides is 3. The second-order valence-corrected chi connectivity index (χ2v) is 7.47. The third-order valence-corrected chi connectivity index (χ3v) is 5.53. The number of H-pyrrole nitrogens is 1. The number of aromatic nitrogens is 3. The molecule has 2 aromatic carbocycles. The number of hydrogen-bond acceptors (Lipinski definition) is 3. The van der Waals surface area contributed by atoms with Gasteiger partial charge >= 0.3 is 6.18 Å². The quantitative estimate of drug-likeness (QED) is 0.380. The van der Waals surface area contributed by atoms with Gasteiger partial charge in [-0.1, -0.05) is 30.3 Å². The maximum absolute atomic E-state index is 13.6. The minimum Gasteiger partial charge on any atom is -0.338 e. The molecule has 0 unspecified atom stereocenters. The first kappa shape index (κ1) is 21.5. The molecular formula is C23H19F3N4V. The number of nitrogens with zero attached hydrogens (tertiary/aromatic N) is 2. The predicted octanol–water partition coefficient (Wildman–Crippen LogP) is 6.26. The Balaban J connectivity index is 0.00000231. The molecule has 1 aliphatic rings. The molecule has 1 radical (unpaired) electrons. The number of benzene rings is 2. The number of fused-ring (bicyclic) bond motifs is 2. The van der Waals surface area contributed by atoms with Gasteiger partial charge in [0.05, 0.1) is 16.8 Å². The number of rotatable bonds is 3. The fourth-order valence-electron chi connectivity index (χ4n) is 4.09. The molecule has 0 saturated heterocycles. The molecule has 0 spiro atoms.